The SMILES string of the molecule is C[C@]1(O)CCC(=O)C1. The number of carbonyl (C=O) groups is 1. The smallest absolute Gasteiger partial charge is 0.135 e. The van der Waals surface area contributed by atoms with Crippen molar-refractivity contribution in [2.24, 2.45) is 0 Å². The van der Waals surface area contributed by atoms with Crippen LogP contribution >= 0.6 is 0 Å². The molecule has 0 aromatic heterocycles. The summed E-state index contributed by atoms with van der Waals surface area (Å²) in [6.07, 6.45) is 1.56. The molecule has 0 unspecified atom stereocenters. The van der Waals surface area contributed by atoms with Crippen molar-refractivity contribution in [3.8, 4) is 0 Å². The highest BCUT2D eigenvalue weighted by atomic mass is 16.3. The van der Waals surface area contributed by atoms with Crippen LogP contribution in [0.5, 0.6) is 0 Å². The van der Waals surface area contributed by atoms with Gasteiger partial charge in [0.05, 0.1) is 5.60 Å². The van der Waals surface area contributed by atoms with E-state index in [9.17, 15) is 4.79 Å². The highest BCUT2D eigenvalue weighted by molar-refractivity contribution is 5.81. The second kappa shape index (κ2) is 1.55. The summed E-state index contributed by atoms with van der Waals surface area (Å²) >= 11 is 0. The van der Waals surface area contributed by atoms with Crippen LogP contribution in [0.25, 0.3) is 0 Å². The molecule has 0 bridgehead atoms. The monoisotopic (exact) mass is 114 g/mol. The fourth-order valence-electron chi connectivity index (χ4n) is 1.01. The van der Waals surface area contributed by atoms with Crippen LogP contribution in [0.2, 0.25) is 0 Å². The van der Waals surface area contributed by atoms with E-state index in [0.29, 0.717) is 19.3 Å². The maximum atomic E-state index is 10.5. The summed E-state index contributed by atoms with van der Waals surface area (Å²) in [6.45, 7) is 1.71. The van der Waals surface area contributed by atoms with Crippen LogP contribution < -0.4 is 0 Å². The third-order valence-electron chi connectivity index (χ3n) is 1.52. The largest absolute Gasteiger partial charge is 0.390 e. The first-order valence-corrected chi connectivity index (χ1v) is 2.84. The molecular weight excluding hydrogens is 104 g/mol. The van der Waals surface area contributed by atoms with E-state index in [-0.39, 0.29) is 5.78 Å². The van der Waals surface area contributed by atoms with E-state index in [1.54, 1.807) is 6.92 Å². The van der Waals surface area contributed by atoms with Gasteiger partial charge in [-0.3, -0.25) is 4.79 Å². The number of Topliss-reactive ketones (excluding diaryl/α,β-unsaturated/α-hetero) is 1. The minimum atomic E-state index is -0.683. The van der Waals surface area contributed by atoms with Crippen LogP contribution in [-0.4, -0.2) is 16.5 Å². The van der Waals surface area contributed by atoms with Crippen LogP contribution in [0.3, 0.4) is 0 Å². The van der Waals surface area contributed by atoms with Crippen molar-refractivity contribution < 1.29 is 9.90 Å². The lowest BCUT2D eigenvalue weighted by molar-refractivity contribution is -0.118. The molecular formula is C6H10O2. The van der Waals surface area contributed by atoms with Gasteiger partial charge in [-0.25, -0.2) is 0 Å². The van der Waals surface area contributed by atoms with Crippen molar-refractivity contribution >= 4 is 5.78 Å². The molecule has 0 heterocycles. The second-order valence-electron chi connectivity index (χ2n) is 2.71. The molecule has 0 aliphatic heterocycles. The molecule has 1 rings (SSSR count). The molecule has 2 heteroatoms. The zero-order valence-corrected chi connectivity index (χ0v) is 4.98. The standard InChI is InChI=1S/C6H10O2/c1-6(8)3-2-5(7)4-6/h8H,2-4H2,1H3/t6-/m0/s1. The molecule has 1 atom stereocenters. The van der Waals surface area contributed by atoms with E-state index in [2.05, 4.69) is 0 Å². The van der Waals surface area contributed by atoms with Crippen LogP contribution in [0.1, 0.15) is 26.2 Å². The summed E-state index contributed by atoms with van der Waals surface area (Å²) in [7, 11) is 0. The second-order valence-corrected chi connectivity index (χ2v) is 2.71. The average molecular weight is 114 g/mol. The van der Waals surface area contributed by atoms with E-state index >= 15 is 0 Å². The number of hydrogen-bond acceptors (Lipinski definition) is 2. The van der Waals surface area contributed by atoms with Crippen LogP contribution in [0, 0.1) is 0 Å². The van der Waals surface area contributed by atoms with Gasteiger partial charge in [-0.2, -0.15) is 0 Å². The quantitative estimate of drug-likeness (QED) is 0.497. The molecule has 1 saturated carbocycles. The molecule has 0 spiro atoms. The molecule has 8 heavy (non-hydrogen) atoms. The Balaban J connectivity index is 2.56. The first kappa shape index (κ1) is 5.76. The van der Waals surface area contributed by atoms with Gasteiger partial charge in [-0.15, -0.1) is 0 Å². The zero-order valence-electron chi connectivity index (χ0n) is 4.98. The van der Waals surface area contributed by atoms with Gasteiger partial charge in [0.2, 0.25) is 0 Å². The Bertz CT molecular complexity index is 116. The lowest BCUT2D eigenvalue weighted by Gasteiger charge is -2.11. The Labute approximate surface area is 48.5 Å². The normalized spacial score (nSPS) is 38.5. The summed E-state index contributed by atoms with van der Waals surface area (Å²) in [5.41, 5.74) is -0.683. The molecule has 0 aromatic rings. The summed E-state index contributed by atoms with van der Waals surface area (Å²) < 4.78 is 0. The van der Waals surface area contributed by atoms with Crippen molar-refractivity contribution in [1.29, 1.82) is 0 Å². The molecule has 46 valence electrons. The van der Waals surface area contributed by atoms with Gasteiger partial charge in [0.15, 0.2) is 0 Å². The lowest BCUT2D eigenvalue weighted by atomic mass is 10.1. The first-order chi connectivity index (χ1) is 3.60. The van der Waals surface area contributed by atoms with Gasteiger partial charge < -0.3 is 5.11 Å². The summed E-state index contributed by atoms with van der Waals surface area (Å²) in [5.74, 6) is 0.190. The number of hydrogen-bond donors (Lipinski definition) is 1. The van der Waals surface area contributed by atoms with Gasteiger partial charge in [-0.1, -0.05) is 0 Å². The highest BCUT2D eigenvalue weighted by Gasteiger charge is 2.30. The molecule has 1 aliphatic carbocycles. The van der Waals surface area contributed by atoms with Crippen molar-refractivity contribution in [2.45, 2.75) is 31.8 Å². The number of rotatable bonds is 0. The molecule has 1 fully saturated rings. The van der Waals surface area contributed by atoms with Crippen molar-refractivity contribution in [3.05, 3.63) is 0 Å². The van der Waals surface area contributed by atoms with Crippen molar-refractivity contribution in [2.75, 3.05) is 0 Å². The van der Waals surface area contributed by atoms with Gasteiger partial charge in [-0.05, 0) is 13.3 Å². The number of ketones is 1. The molecule has 2 nitrogen and oxygen atoms in total. The highest BCUT2D eigenvalue weighted by Crippen LogP contribution is 2.25. The summed E-state index contributed by atoms with van der Waals surface area (Å²) in [4.78, 5) is 10.5. The Kier molecular flexibility index (Phi) is 1.12. The van der Waals surface area contributed by atoms with E-state index in [1.165, 1.54) is 0 Å². The third-order valence-corrected chi connectivity index (χ3v) is 1.52. The molecule has 0 saturated heterocycles. The lowest BCUT2D eigenvalue weighted by Crippen LogP contribution is -2.18. The fourth-order valence-corrected chi connectivity index (χ4v) is 1.01. The summed E-state index contributed by atoms with van der Waals surface area (Å²) in [6, 6.07) is 0. The van der Waals surface area contributed by atoms with Crippen LogP contribution in [0.15, 0.2) is 0 Å². The maximum absolute atomic E-state index is 10.5. The zero-order chi connectivity index (χ0) is 6.20. The van der Waals surface area contributed by atoms with Gasteiger partial charge >= 0.3 is 0 Å². The number of aliphatic hydroxyl groups is 1. The van der Waals surface area contributed by atoms with Crippen LogP contribution in [-0.2, 0) is 4.79 Å². The predicted molar refractivity (Wildman–Crippen MR) is 29.5 cm³/mol. The van der Waals surface area contributed by atoms with E-state index in [0.717, 1.165) is 0 Å². The Hall–Kier alpha value is -0.370. The molecule has 0 aromatic carbocycles. The van der Waals surface area contributed by atoms with Gasteiger partial charge in [0.25, 0.3) is 0 Å². The van der Waals surface area contributed by atoms with Gasteiger partial charge in [0.1, 0.15) is 5.78 Å². The minimum Gasteiger partial charge on any atom is -0.390 e. The number of carbonyl (C=O) groups excluding carboxylic acids is 1. The van der Waals surface area contributed by atoms with E-state index < -0.39 is 5.60 Å². The minimum absolute atomic E-state index is 0.190. The fraction of sp³-hybridized carbons (Fsp3) is 0.833. The van der Waals surface area contributed by atoms with Crippen molar-refractivity contribution in [1.82, 2.24) is 0 Å². The van der Waals surface area contributed by atoms with E-state index in [4.69, 9.17) is 5.11 Å². The topological polar surface area (TPSA) is 37.3 Å². The molecule has 1 N–H and O–H groups in total. The van der Waals surface area contributed by atoms with Crippen LogP contribution in [0.4, 0.5) is 0 Å². The maximum Gasteiger partial charge on any atom is 0.135 e. The third kappa shape index (κ3) is 1.07. The molecule has 0 amide bonds. The Morgan fingerprint density at radius 2 is 2.38 bits per heavy atom. The molecule has 0 radical (unpaired) electrons. The summed E-state index contributed by atoms with van der Waals surface area (Å²) in [5, 5.41) is 9.14. The van der Waals surface area contributed by atoms with Gasteiger partial charge in [0, 0.05) is 12.8 Å². The first-order valence-electron chi connectivity index (χ1n) is 2.84. The average Bonchev–Trinajstić information content (AvgIpc) is 1.82. The Morgan fingerprint density at radius 3 is 2.50 bits per heavy atom. The van der Waals surface area contributed by atoms with Crippen molar-refractivity contribution in [3.63, 3.8) is 0 Å². The molecule has 1 aliphatic rings. The van der Waals surface area contributed by atoms with E-state index in [1.807, 2.05) is 0 Å². The predicted octanol–water partition coefficient (Wildman–Crippen LogP) is 0.490. The Morgan fingerprint density at radius 1 is 1.75 bits per heavy atom.